The minimum atomic E-state index is -0.885. The van der Waals surface area contributed by atoms with Crippen molar-refractivity contribution in [3.8, 4) is 11.5 Å². The summed E-state index contributed by atoms with van der Waals surface area (Å²) >= 11 is 0. The van der Waals surface area contributed by atoms with Gasteiger partial charge in [-0.2, -0.15) is 5.10 Å². The molecule has 32 heavy (non-hydrogen) atoms. The Hall–Kier alpha value is -4.47. The number of furan rings is 1. The van der Waals surface area contributed by atoms with Gasteiger partial charge in [0.15, 0.2) is 6.61 Å². The molecule has 1 N–H and O–H groups in total. The molecule has 0 aliphatic carbocycles. The summed E-state index contributed by atoms with van der Waals surface area (Å²) in [7, 11) is 0. The summed E-state index contributed by atoms with van der Waals surface area (Å²) in [5.74, 6) is -1.36. The number of ether oxygens (including phenoxy) is 2. The van der Waals surface area contributed by atoms with E-state index in [1.54, 1.807) is 12.1 Å². The lowest BCUT2D eigenvalue weighted by atomic mass is 10.1. The van der Waals surface area contributed by atoms with Crippen molar-refractivity contribution in [3.63, 3.8) is 0 Å². The average molecular weight is 437 g/mol. The third-order valence-corrected chi connectivity index (χ3v) is 4.20. The molecule has 0 spiro atoms. The first-order valence-electron chi connectivity index (χ1n) is 9.41. The number of nitrogens with zero attached hydrogens (tertiary/aromatic N) is 2. The Bertz CT molecular complexity index is 1160. The molecule has 3 rings (SSSR count). The lowest BCUT2D eigenvalue weighted by Gasteiger charge is -2.10. The van der Waals surface area contributed by atoms with Crippen LogP contribution in [0.25, 0.3) is 0 Å². The second-order valence-electron chi connectivity index (χ2n) is 6.66. The van der Waals surface area contributed by atoms with Crippen molar-refractivity contribution in [1.29, 1.82) is 0 Å². The van der Waals surface area contributed by atoms with E-state index in [1.807, 2.05) is 32.0 Å². The van der Waals surface area contributed by atoms with Gasteiger partial charge in [0, 0.05) is 0 Å². The zero-order chi connectivity index (χ0) is 23.1. The number of hydrazone groups is 1. The highest BCUT2D eigenvalue weighted by Crippen LogP contribution is 2.22. The normalized spacial score (nSPS) is 10.7. The average Bonchev–Trinajstić information content (AvgIpc) is 3.25. The molecule has 0 unspecified atom stereocenters. The first-order valence-corrected chi connectivity index (χ1v) is 9.41. The van der Waals surface area contributed by atoms with E-state index in [9.17, 15) is 19.7 Å². The van der Waals surface area contributed by atoms with Crippen LogP contribution < -0.4 is 14.9 Å². The summed E-state index contributed by atoms with van der Waals surface area (Å²) in [6.45, 7) is 3.59. The number of hydrogen-bond donors (Lipinski definition) is 1. The summed E-state index contributed by atoms with van der Waals surface area (Å²) < 4.78 is 15.5. The summed E-state index contributed by atoms with van der Waals surface area (Å²) in [4.78, 5) is 33.9. The van der Waals surface area contributed by atoms with Crippen molar-refractivity contribution in [2.24, 2.45) is 5.10 Å². The van der Waals surface area contributed by atoms with Crippen molar-refractivity contribution >= 4 is 24.0 Å². The van der Waals surface area contributed by atoms with E-state index < -0.39 is 22.7 Å². The maximum atomic E-state index is 12.1. The minimum Gasteiger partial charge on any atom is -0.483 e. The molecule has 10 nitrogen and oxygen atoms in total. The third-order valence-electron chi connectivity index (χ3n) is 4.20. The van der Waals surface area contributed by atoms with E-state index >= 15 is 0 Å². The number of para-hydroxylation sites is 1. The first-order chi connectivity index (χ1) is 15.3. The molecule has 0 aliphatic rings. The summed E-state index contributed by atoms with van der Waals surface area (Å²) in [6, 6.07) is 14.2. The summed E-state index contributed by atoms with van der Waals surface area (Å²) in [5.41, 5.74) is 4.75. The van der Waals surface area contributed by atoms with E-state index in [0.717, 1.165) is 23.3 Å². The molecule has 1 amide bonds. The minimum absolute atomic E-state index is 0.169. The highest BCUT2D eigenvalue weighted by atomic mass is 16.7. The second kappa shape index (κ2) is 10.0. The number of rotatable bonds is 8. The number of esters is 1. The molecule has 0 radical (unpaired) electrons. The van der Waals surface area contributed by atoms with E-state index in [2.05, 4.69) is 10.5 Å². The lowest BCUT2D eigenvalue weighted by molar-refractivity contribution is -0.402. The zero-order valence-electron chi connectivity index (χ0n) is 17.2. The summed E-state index contributed by atoms with van der Waals surface area (Å²) in [6.07, 6.45) is 1.37. The van der Waals surface area contributed by atoms with Crippen molar-refractivity contribution in [3.05, 3.63) is 87.2 Å². The molecular formula is C22H19N3O7. The standard InChI is InChI=1S/C22H19N3O7/c1-14-5-3-6-15(2)21(14)30-13-19(26)24-23-12-16-7-4-8-17(11-16)31-22(27)18-9-10-20(32-18)25(28)29/h3-12H,13H2,1-2H3,(H,24,26). The molecule has 2 aromatic carbocycles. The zero-order valence-corrected chi connectivity index (χ0v) is 17.2. The van der Waals surface area contributed by atoms with Crippen LogP contribution in [0.15, 0.2) is 64.1 Å². The third kappa shape index (κ3) is 5.79. The topological polar surface area (TPSA) is 133 Å². The number of amides is 1. The fraction of sp³-hybridized carbons (Fsp3) is 0.136. The molecule has 0 saturated heterocycles. The quantitative estimate of drug-likeness (QED) is 0.187. The highest BCUT2D eigenvalue weighted by molar-refractivity contribution is 5.89. The van der Waals surface area contributed by atoms with Crippen LogP contribution in [0.5, 0.6) is 11.5 Å². The smallest absolute Gasteiger partial charge is 0.433 e. The number of hydrogen-bond acceptors (Lipinski definition) is 8. The van der Waals surface area contributed by atoms with Crippen LogP contribution in [-0.4, -0.2) is 29.6 Å². The van der Waals surface area contributed by atoms with Crippen LogP contribution in [0.1, 0.15) is 27.2 Å². The Morgan fingerprint density at radius 3 is 2.53 bits per heavy atom. The van der Waals surface area contributed by atoms with E-state index in [4.69, 9.17) is 13.9 Å². The van der Waals surface area contributed by atoms with Crippen LogP contribution >= 0.6 is 0 Å². The predicted molar refractivity (Wildman–Crippen MR) is 114 cm³/mol. The van der Waals surface area contributed by atoms with Crippen molar-refractivity contribution < 1.29 is 28.4 Å². The van der Waals surface area contributed by atoms with E-state index in [1.165, 1.54) is 18.3 Å². The van der Waals surface area contributed by atoms with Gasteiger partial charge in [-0.1, -0.05) is 30.3 Å². The number of nitro groups is 1. The van der Waals surface area contributed by atoms with Crippen LogP contribution in [0.4, 0.5) is 5.88 Å². The summed E-state index contributed by atoms with van der Waals surface area (Å²) in [5, 5.41) is 14.5. The Morgan fingerprint density at radius 2 is 1.84 bits per heavy atom. The monoisotopic (exact) mass is 437 g/mol. The van der Waals surface area contributed by atoms with Crippen molar-refractivity contribution in [2.45, 2.75) is 13.8 Å². The van der Waals surface area contributed by atoms with Gasteiger partial charge in [-0.25, -0.2) is 10.2 Å². The lowest BCUT2D eigenvalue weighted by Crippen LogP contribution is -2.25. The van der Waals surface area contributed by atoms with Crippen molar-refractivity contribution in [2.75, 3.05) is 6.61 Å². The van der Waals surface area contributed by atoms with Gasteiger partial charge in [-0.3, -0.25) is 14.9 Å². The Labute approximate surface area is 182 Å². The van der Waals surface area contributed by atoms with Crippen LogP contribution in [-0.2, 0) is 4.79 Å². The molecule has 0 saturated carbocycles. The van der Waals surface area contributed by atoms with Gasteiger partial charge in [0.05, 0.1) is 12.3 Å². The number of carbonyl (C=O) groups is 2. The van der Waals surface area contributed by atoms with Crippen LogP contribution in [0.2, 0.25) is 0 Å². The Morgan fingerprint density at radius 1 is 1.12 bits per heavy atom. The molecule has 1 aromatic heterocycles. The number of aryl methyl sites for hydroxylation is 2. The number of nitrogens with one attached hydrogen (secondary N) is 1. The van der Waals surface area contributed by atoms with Crippen LogP contribution in [0.3, 0.4) is 0 Å². The molecule has 1 heterocycles. The fourth-order valence-electron chi connectivity index (χ4n) is 2.73. The number of carbonyl (C=O) groups excluding carboxylic acids is 2. The fourth-order valence-corrected chi connectivity index (χ4v) is 2.73. The second-order valence-corrected chi connectivity index (χ2v) is 6.66. The number of benzene rings is 2. The van der Waals surface area contributed by atoms with E-state index in [0.29, 0.717) is 11.3 Å². The largest absolute Gasteiger partial charge is 0.483 e. The molecule has 10 heteroatoms. The molecule has 0 atom stereocenters. The van der Waals surface area contributed by atoms with Gasteiger partial charge in [0.25, 0.3) is 5.91 Å². The molecule has 0 fully saturated rings. The molecule has 3 aromatic rings. The van der Waals surface area contributed by atoms with Crippen molar-refractivity contribution in [1.82, 2.24) is 5.43 Å². The SMILES string of the molecule is Cc1cccc(C)c1OCC(=O)NN=Cc1cccc(OC(=O)c2ccc([N+](=O)[O-])o2)c1. The molecular weight excluding hydrogens is 418 g/mol. The maximum Gasteiger partial charge on any atom is 0.433 e. The van der Waals surface area contributed by atoms with Gasteiger partial charge in [-0.15, -0.1) is 0 Å². The van der Waals surface area contributed by atoms with Gasteiger partial charge < -0.3 is 13.9 Å². The molecule has 164 valence electrons. The van der Waals surface area contributed by atoms with Gasteiger partial charge in [0.1, 0.15) is 16.4 Å². The molecule has 0 bridgehead atoms. The Kier molecular flexibility index (Phi) is 6.96. The molecule has 0 aliphatic heterocycles. The van der Waals surface area contributed by atoms with Gasteiger partial charge >= 0.3 is 11.9 Å². The van der Waals surface area contributed by atoms with Gasteiger partial charge in [-0.05, 0) is 48.7 Å². The first kappa shape index (κ1) is 22.2. The van der Waals surface area contributed by atoms with Gasteiger partial charge in [0.2, 0.25) is 5.76 Å². The Balaban J connectivity index is 1.54. The highest BCUT2D eigenvalue weighted by Gasteiger charge is 2.19. The predicted octanol–water partition coefficient (Wildman–Crippen LogP) is 3.55. The van der Waals surface area contributed by atoms with E-state index in [-0.39, 0.29) is 18.1 Å². The van der Waals surface area contributed by atoms with Crippen LogP contribution in [0, 0.1) is 24.0 Å². The maximum absolute atomic E-state index is 12.1.